The van der Waals surface area contributed by atoms with Gasteiger partial charge in [0.15, 0.2) is 0 Å². The number of likely N-dealkylation sites (tertiary alicyclic amines) is 1. The van der Waals surface area contributed by atoms with Gasteiger partial charge in [-0.15, -0.1) is 6.58 Å². The number of benzene rings is 1. The molecule has 2 N–H and O–H groups in total. The van der Waals surface area contributed by atoms with E-state index in [-0.39, 0.29) is 6.10 Å². The quantitative estimate of drug-likeness (QED) is 0.619. The number of nitrogen functional groups attached to an aromatic ring is 1. The van der Waals surface area contributed by atoms with E-state index in [0.29, 0.717) is 0 Å². The number of hydrogen-bond acceptors (Lipinski definition) is 3. The highest BCUT2D eigenvalue weighted by Crippen LogP contribution is 2.20. The molecule has 1 atom stereocenters. The van der Waals surface area contributed by atoms with Crippen LogP contribution in [0.2, 0.25) is 0 Å². The molecule has 1 heterocycles. The number of ether oxygens (including phenoxy) is 1. The Kier molecular flexibility index (Phi) is 3.47. The standard InChI is InChI=1S/C13H18N2O/c1-2-7-15-8-6-13(10-15)16-12-5-3-4-11(14)9-12/h2-5,9,13H,1,6-8,10,14H2. The van der Waals surface area contributed by atoms with E-state index in [4.69, 9.17) is 10.5 Å². The molecule has 3 nitrogen and oxygen atoms in total. The molecule has 0 amide bonds. The van der Waals surface area contributed by atoms with Crippen molar-refractivity contribution in [3.8, 4) is 5.75 Å². The van der Waals surface area contributed by atoms with Crippen LogP contribution >= 0.6 is 0 Å². The first-order valence-corrected chi connectivity index (χ1v) is 5.63. The summed E-state index contributed by atoms with van der Waals surface area (Å²) in [7, 11) is 0. The molecule has 86 valence electrons. The third-order valence-electron chi connectivity index (χ3n) is 2.78. The van der Waals surface area contributed by atoms with E-state index in [2.05, 4.69) is 11.5 Å². The Balaban J connectivity index is 1.89. The van der Waals surface area contributed by atoms with Gasteiger partial charge in [0.25, 0.3) is 0 Å². The van der Waals surface area contributed by atoms with Crippen LogP contribution in [-0.4, -0.2) is 30.6 Å². The molecule has 0 radical (unpaired) electrons. The van der Waals surface area contributed by atoms with Crippen LogP contribution < -0.4 is 10.5 Å². The normalized spacial score (nSPS) is 20.9. The zero-order valence-electron chi connectivity index (χ0n) is 9.43. The van der Waals surface area contributed by atoms with Gasteiger partial charge in [-0.2, -0.15) is 0 Å². The van der Waals surface area contributed by atoms with Gasteiger partial charge in [-0.05, 0) is 18.6 Å². The lowest BCUT2D eigenvalue weighted by Gasteiger charge is -2.15. The fourth-order valence-corrected chi connectivity index (χ4v) is 2.02. The maximum Gasteiger partial charge on any atom is 0.121 e. The van der Waals surface area contributed by atoms with Crippen LogP contribution in [0.4, 0.5) is 5.69 Å². The molecule has 0 saturated carbocycles. The van der Waals surface area contributed by atoms with Crippen LogP contribution in [0, 0.1) is 0 Å². The van der Waals surface area contributed by atoms with Crippen LogP contribution in [0.1, 0.15) is 6.42 Å². The van der Waals surface area contributed by atoms with Crippen molar-refractivity contribution in [1.82, 2.24) is 4.90 Å². The summed E-state index contributed by atoms with van der Waals surface area (Å²) in [5, 5.41) is 0. The van der Waals surface area contributed by atoms with Gasteiger partial charge in [0.05, 0.1) is 0 Å². The Morgan fingerprint density at radius 3 is 3.19 bits per heavy atom. The Labute approximate surface area is 96.5 Å². The first-order chi connectivity index (χ1) is 7.78. The molecular weight excluding hydrogens is 200 g/mol. The summed E-state index contributed by atoms with van der Waals surface area (Å²) in [5.74, 6) is 0.866. The van der Waals surface area contributed by atoms with Gasteiger partial charge in [-0.3, -0.25) is 4.90 Å². The van der Waals surface area contributed by atoms with Gasteiger partial charge in [0.2, 0.25) is 0 Å². The molecule has 0 bridgehead atoms. The molecule has 1 fully saturated rings. The van der Waals surface area contributed by atoms with Crippen molar-refractivity contribution in [2.45, 2.75) is 12.5 Å². The van der Waals surface area contributed by atoms with Crippen LogP contribution in [0.15, 0.2) is 36.9 Å². The summed E-state index contributed by atoms with van der Waals surface area (Å²) in [5.41, 5.74) is 6.45. The van der Waals surface area contributed by atoms with E-state index in [1.54, 1.807) is 0 Å². The summed E-state index contributed by atoms with van der Waals surface area (Å²) in [6, 6.07) is 7.61. The van der Waals surface area contributed by atoms with E-state index < -0.39 is 0 Å². The molecule has 1 aromatic carbocycles. The fraction of sp³-hybridized carbons (Fsp3) is 0.385. The Morgan fingerprint density at radius 2 is 2.44 bits per heavy atom. The van der Waals surface area contributed by atoms with Gasteiger partial charge < -0.3 is 10.5 Å². The van der Waals surface area contributed by atoms with E-state index in [0.717, 1.165) is 37.5 Å². The number of anilines is 1. The summed E-state index contributed by atoms with van der Waals surface area (Å²) in [4.78, 5) is 2.34. The predicted molar refractivity (Wildman–Crippen MR) is 66.5 cm³/mol. The molecule has 1 saturated heterocycles. The smallest absolute Gasteiger partial charge is 0.121 e. The van der Waals surface area contributed by atoms with E-state index in [9.17, 15) is 0 Å². The highest BCUT2D eigenvalue weighted by atomic mass is 16.5. The fourth-order valence-electron chi connectivity index (χ4n) is 2.02. The molecule has 0 aromatic heterocycles. The zero-order valence-corrected chi connectivity index (χ0v) is 9.43. The number of nitrogens with two attached hydrogens (primary N) is 1. The second-order valence-electron chi connectivity index (χ2n) is 4.15. The first-order valence-electron chi connectivity index (χ1n) is 5.63. The maximum absolute atomic E-state index is 5.88. The van der Waals surface area contributed by atoms with Gasteiger partial charge in [0.1, 0.15) is 11.9 Å². The Hall–Kier alpha value is -1.48. The Bertz CT molecular complexity index is 365. The third-order valence-corrected chi connectivity index (χ3v) is 2.78. The van der Waals surface area contributed by atoms with Gasteiger partial charge in [0, 0.05) is 31.4 Å². The van der Waals surface area contributed by atoms with E-state index in [1.807, 2.05) is 30.3 Å². The van der Waals surface area contributed by atoms with Gasteiger partial charge in [-0.1, -0.05) is 12.1 Å². The van der Waals surface area contributed by atoms with Crippen molar-refractivity contribution < 1.29 is 4.74 Å². The largest absolute Gasteiger partial charge is 0.489 e. The summed E-state index contributed by atoms with van der Waals surface area (Å²) < 4.78 is 5.88. The molecule has 2 rings (SSSR count). The van der Waals surface area contributed by atoms with Crippen molar-refractivity contribution in [3.63, 3.8) is 0 Å². The minimum atomic E-state index is 0.279. The van der Waals surface area contributed by atoms with Crippen LogP contribution in [0.3, 0.4) is 0 Å². The summed E-state index contributed by atoms with van der Waals surface area (Å²) in [6.07, 6.45) is 3.28. The second kappa shape index (κ2) is 5.03. The average molecular weight is 218 g/mol. The maximum atomic E-state index is 5.88. The van der Waals surface area contributed by atoms with Crippen molar-refractivity contribution in [1.29, 1.82) is 0 Å². The SMILES string of the molecule is C=CCN1CCC(Oc2cccc(N)c2)C1. The van der Waals surface area contributed by atoms with Crippen LogP contribution in [0.5, 0.6) is 5.75 Å². The molecule has 1 aliphatic heterocycles. The molecule has 16 heavy (non-hydrogen) atoms. The van der Waals surface area contributed by atoms with E-state index in [1.165, 1.54) is 0 Å². The first kappa shape index (κ1) is 11.0. The lowest BCUT2D eigenvalue weighted by Crippen LogP contribution is -2.24. The molecular formula is C13H18N2O. The monoisotopic (exact) mass is 218 g/mol. The third kappa shape index (κ3) is 2.76. The zero-order chi connectivity index (χ0) is 11.4. The van der Waals surface area contributed by atoms with E-state index >= 15 is 0 Å². The van der Waals surface area contributed by atoms with Crippen molar-refractivity contribution in [2.75, 3.05) is 25.4 Å². The van der Waals surface area contributed by atoms with Gasteiger partial charge >= 0.3 is 0 Å². The highest BCUT2D eigenvalue weighted by Gasteiger charge is 2.22. The molecule has 0 aliphatic carbocycles. The number of nitrogens with zero attached hydrogens (tertiary/aromatic N) is 1. The minimum absolute atomic E-state index is 0.279. The van der Waals surface area contributed by atoms with Crippen LogP contribution in [0.25, 0.3) is 0 Å². The minimum Gasteiger partial charge on any atom is -0.489 e. The van der Waals surface area contributed by atoms with Crippen molar-refractivity contribution in [2.24, 2.45) is 0 Å². The Morgan fingerprint density at radius 1 is 1.56 bits per heavy atom. The topological polar surface area (TPSA) is 38.5 Å². The highest BCUT2D eigenvalue weighted by molar-refractivity contribution is 5.43. The van der Waals surface area contributed by atoms with Crippen LogP contribution in [-0.2, 0) is 0 Å². The molecule has 1 aliphatic rings. The molecule has 1 aromatic rings. The van der Waals surface area contributed by atoms with Crippen molar-refractivity contribution in [3.05, 3.63) is 36.9 Å². The second-order valence-corrected chi connectivity index (χ2v) is 4.15. The summed E-state index contributed by atoms with van der Waals surface area (Å²) >= 11 is 0. The number of rotatable bonds is 4. The predicted octanol–water partition coefficient (Wildman–Crippen LogP) is 1.91. The average Bonchev–Trinajstić information content (AvgIpc) is 2.66. The molecule has 0 spiro atoms. The number of hydrogen-bond donors (Lipinski definition) is 1. The lowest BCUT2D eigenvalue weighted by molar-refractivity contribution is 0.204. The molecule has 3 heteroatoms. The summed E-state index contributed by atoms with van der Waals surface area (Å²) in [6.45, 7) is 6.74. The molecule has 1 unspecified atom stereocenters. The lowest BCUT2D eigenvalue weighted by atomic mass is 10.3. The van der Waals surface area contributed by atoms with Gasteiger partial charge in [-0.25, -0.2) is 0 Å². The van der Waals surface area contributed by atoms with Crippen molar-refractivity contribution >= 4 is 5.69 Å².